The molecular weight excluding hydrogens is 244 g/mol. The number of carbonyl (C=O) groups is 1. The Morgan fingerprint density at radius 1 is 1.26 bits per heavy atom. The molecule has 0 bridgehead atoms. The second-order valence-electron chi connectivity index (χ2n) is 6.11. The standard InChI is InChI=1S/C13H28N4O2/c1-12(2,10(14)17-19)7-6-8-16-9-13(3,4)11(18)15-5/h16,19H,6-9H2,1-5H3,(H2,14,17)(H,15,18). The summed E-state index contributed by atoms with van der Waals surface area (Å²) in [5, 5.41) is 17.6. The molecule has 6 heteroatoms. The second-order valence-corrected chi connectivity index (χ2v) is 6.11. The summed E-state index contributed by atoms with van der Waals surface area (Å²) in [6.07, 6.45) is 1.71. The third-order valence-electron chi connectivity index (χ3n) is 3.37. The summed E-state index contributed by atoms with van der Waals surface area (Å²) in [5.74, 6) is 0.273. The number of carbonyl (C=O) groups excluding carboxylic acids is 1. The molecule has 1 amide bonds. The molecule has 0 atom stereocenters. The smallest absolute Gasteiger partial charge is 0.226 e. The molecule has 0 spiro atoms. The lowest BCUT2D eigenvalue weighted by Crippen LogP contribution is -2.42. The van der Waals surface area contributed by atoms with Crippen LogP contribution in [0, 0.1) is 10.8 Å². The minimum absolute atomic E-state index is 0.0250. The van der Waals surface area contributed by atoms with Crippen molar-refractivity contribution in [3.05, 3.63) is 0 Å². The lowest BCUT2D eigenvalue weighted by atomic mass is 9.86. The summed E-state index contributed by atoms with van der Waals surface area (Å²) in [4.78, 5) is 11.6. The van der Waals surface area contributed by atoms with Crippen molar-refractivity contribution in [3.8, 4) is 0 Å². The number of amides is 1. The number of nitrogens with two attached hydrogens (primary N) is 1. The van der Waals surface area contributed by atoms with Gasteiger partial charge in [-0.25, -0.2) is 0 Å². The van der Waals surface area contributed by atoms with Gasteiger partial charge < -0.3 is 21.6 Å². The van der Waals surface area contributed by atoms with Crippen LogP contribution in [-0.4, -0.2) is 37.1 Å². The van der Waals surface area contributed by atoms with Gasteiger partial charge in [0.25, 0.3) is 0 Å². The van der Waals surface area contributed by atoms with E-state index in [4.69, 9.17) is 10.9 Å². The highest BCUT2D eigenvalue weighted by Gasteiger charge is 2.26. The number of hydrogen-bond acceptors (Lipinski definition) is 4. The van der Waals surface area contributed by atoms with Crippen LogP contribution in [0.4, 0.5) is 0 Å². The molecule has 0 aliphatic rings. The van der Waals surface area contributed by atoms with Crippen molar-refractivity contribution in [2.75, 3.05) is 20.1 Å². The molecule has 0 unspecified atom stereocenters. The topological polar surface area (TPSA) is 99.7 Å². The van der Waals surface area contributed by atoms with Crippen LogP contribution in [-0.2, 0) is 4.79 Å². The molecule has 0 radical (unpaired) electrons. The Morgan fingerprint density at radius 3 is 2.32 bits per heavy atom. The van der Waals surface area contributed by atoms with Crippen LogP contribution in [0.25, 0.3) is 0 Å². The molecule has 0 saturated carbocycles. The molecule has 0 fully saturated rings. The molecule has 112 valence electrons. The van der Waals surface area contributed by atoms with E-state index in [1.807, 2.05) is 27.7 Å². The Kier molecular flexibility index (Phi) is 6.83. The van der Waals surface area contributed by atoms with Crippen molar-refractivity contribution in [2.24, 2.45) is 21.7 Å². The molecule has 0 aliphatic heterocycles. The summed E-state index contributed by atoms with van der Waals surface area (Å²) in [6, 6.07) is 0. The summed E-state index contributed by atoms with van der Waals surface area (Å²) < 4.78 is 0. The van der Waals surface area contributed by atoms with E-state index in [0.29, 0.717) is 6.54 Å². The maximum Gasteiger partial charge on any atom is 0.226 e. The van der Waals surface area contributed by atoms with Gasteiger partial charge in [-0.3, -0.25) is 4.79 Å². The van der Waals surface area contributed by atoms with Crippen molar-refractivity contribution < 1.29 is 10.0 Å². The van der Waals surface area contributed by atoms with Crippen molar-refractivity contribution >= 4 is 11.7 Å². The zero-order chi connectivity index (χ0) is 15.1. The zero-order valence-corrected chi connectivity index (χ0v) is 12.7. The van der Waals surface area contributed by atoms with Crippen molar-refractivity contribution in [1.82, 2.24) is 10.6 Å². The van der Waals surface area contributed by atoms with Crippen LogP contribution < -0.4 is 16.4 Å². The normalized spacial score (nSPS) is 13.4. The monoisotopic (exact) mass is 272 g/mol. The largest absolute Gasteiger partial charge is 0.409 e. The van der Waals surface area contributed by atoms with Crippen LogP contribution in [0.3, 0.4) is 0 Å². The fourth-order valence-electron chi connectivity index (χ4n) is 1.74. The number of amidine groups is 1. The summed E-state index contributed by atoms with van der Waals surface area (Å²) >= 11 is 0. The summed E-state index contributed by atoms with van der Waals surface area (Å²) in [7, 11) is 1.64. The van der Waals surface area contributed by atoms with Crippen LogP contribution in [0.1, 0.15) is 40.5 Å². The minimum Gasteiger partial charge on any atom is -0.409 e. The lowest BCUT2D eigenvalue weighted by molar-refractivity contribution is -0.128. The van der Waals surface area contributed by atoms with Gasteiger partial charge in [-0.05, 0) is 33.2 Å². The predicted octanol–water partition coefficient (Wildman–Crippen LogP) is 0.901. The van der Waals surface area contributed by atoms with Crippen molar-refractivity contribution in [2.45, 2.75) is 40.5 Å². The second kappa shape index (κ2) is 7.33. The van der Waals surface area contributed by atoms with Crippen LogP contribution in [0.5, 0.6) is 0 Å². The number of nitrogens with zero attached hydrogens (tertiary/aromatic N) is 1. The van der Waals surface area contributed by atoms with Gasteiger partial charge in [0.2, 0.25) is 5.91 Å². The fraction of sp³-hybridized carbons (Fsp3) is 0.846. The van der Waals surface area contributed by atoms with Crippen LogP contribution in [0.15, 0.2) is 5.16 Å². The van der Waals surface area contributed by atoms with E-state index < -0.39 is 5.41 Å². The van der Waals surface area contributed by atoms with E-state index in [2.05, 4.69) is 15.8 Å². The summed E-state index contributed by atoms with van der Waals surface area (Å²) in [5.41, 5.74) is 4.89. The Hall–Kier alpha value is -1.30. The molecule has 0 aliphatic carbocycles. The molecule has 6 nitrogen and oxygen atoms in total. The lowest BCUT2D eigenvalue weighted by Gasteiger charge is -2.25. The molecule has 0 aromatic heterocycles. The Morgan fingerprint density at radius 2 is 1.84 bits per heavy atom. The van der Waals surface area contributed by atoms with Crippen molar-refractivity contribution in [3.63, 3.8) is 0 Å². The van der Waals surface area contributed by atoms with Gasteiger partial charge in [-0.1, -0.05) is 19.0 Å². The highest BCUT2D eigenvalue weighted by molar-refractivity contribution is 5.85. The average Bonchev–Trinajstić information content (AvgIpc) is 2.35. The number of oxime groups is 1. The Bertz CT molecular complexity index is 325. The van der Waals surface area contributed by atoms with E-state index >= 15 is 0 Å². The van der Waals surface area contributed by atoms with Gasteiger partial charge in [0, 0.05) is 19.0 Å². The SMILES string of the molecule is CNC(=O)C(C)(C)CNCCCC(C)(C)C(N)=NO. The van der Waals surface area contributed by atoms with Gasteiger partial charge in [-0.2, -0.15) is 0 Å². The third-order valence-corrected chi connectivity index (χ3v) is 3.37. The third kappa shape index (κ3) is 5.92. The minimum atomic E-state index is -0.421. The molecule has 0 rings (SSSR count). The maximum atomic E-state index is 11.6. The quantitative estimate of drug-likeness (QED) is 0.173. The van der Waals surface area contributed by atoms with E-state index in [9.17, 15) is 4.79 Å². The van der Waals surface area contributed by atoms with Gasteiger partial charge in [0.05, 0.1) is 5.41 Å². The van der Waals surface area contributed by atoms with Gasteiger partial charge in [0.1, 0.15) is 5.84 Å². The molecule has 0 aromatic carbocycles. The van der Waals surface area contributed by atoms with E-state index in [0.717, 1.165) is 19.4 Å². The predicted molar refractivity (Wildman–Crippen MR) is 77.1 cm³/mol. The Balaban J connectivity index is 3.98. The van der Waals surface area contributed by atoms with E-state index in [1.165, 1.54) is 0 Å². The first-order valence-electron chi connectivity index (χ1n) is 6.58. The van der Waals surface area contributed by atoms with Crippen LogP contribution in [0.2, 0.25) is 0 Å². The van der Waals surface area contributed by atoms with Gasteiger partial charge in [-0.15, -0.1) is 0 Å². The van der Waals surface area contributed by atoms with E-state index in [-0.39, 0.29) is 17.2 Å². The number of hydrogen-bond donors (Lipinski definition) is 4. The zero-order valence-electron chi connectivity index (χ0n) is 12.7. The first kappa shape index (κ1) is 17.7. The highest BCUT2D eigenvalue weighted by atomic mass is 16.4. The van der Waals surface area contributed by atoms with Gasteiger partial charge >= 0.3 is 0 Å². The highest BCUT2D eigenvalue weighted by Crippen LogP contribution is 2.22. The van der Waals surface area contributed by atoms with Crippen molar-refractivity contribution in [1.29, 1.82) is 0 Å². The maximum absolute atomic E-state index is 11.6. The average molecular weight is 272 g/mol. The first-order valence-corrected chi connectivity index (χ1v) is 6.58. The molecule has 0 saturated heterocycles. The molecular formula is C13H28N4O2. The molecule has 0 heterocycles. The van der Waals surface area contributed by atoms with Gasteiger partial charge in [0.15, 0.2) is 0 Å². The number of nitrogens with one attached hydrogen (secondary N) is 2. The Labute approximate surface area is 115 Å². The molecule has 5 N–H and O–H groups in total. The fourth-order valence-corrected chi connectivity index (χ4v) is 1.74. The molecule has 0 aromatic rings. The van der Waals surface area contributed by atoms with E-state index in [1.54, 1.807) is 7.05 Å². The van der Waals surface area contributed by atoms with Crippen LogP contribution >= 0.6 is 0 Å². The first-order chi connectivity index (χ1) is 8.67. The summed E-state index contributed by atoms with van der Waals surface area (Å²) in [6.45, 7) is 9.10. The number of rotatable bonds is 8. The molecule has 19 heavy (non-hydrogen) atoms.